The van der Waals surface area contributed by atoms with Gasteiger partial charge in [0.15, 0.2) is 0 Å². The van der Waals surface area contributed by atoms with Crippen LogP contribution in [0.5, 0.6) is 0 Å². The number of hydrogen-bond acceptors (Lipinski definition) is 4. The van der Waals surface area contributed by atoms with Crippen LogP contribution in [0, 0.1) is 17.0 Å². The summed E-state index contributed by atoms with van der Waals surface area (Å²) in [5, 5.41) is 14.0. The molecule has 0 aliphatic heterocycles. The van der Waals surface area contributed by atoms with E-state index >= 15 is 0 Å². The van der Waals surface area contributed by atoms with Crippen LogP contribution in [0.3, 0.4) is 0 Å². The number of nitrogens with zero attached hydrogens (tertiary/aromatic N) is 3. The Morgan fingerprint density at radius 3 is 2.95 bits per heavy atom. The molecule has 0 radical (unpaired) electrons. The zero-order valence-electron chi connectivity index (χ0n) is 10.7. The number of rotatable bonds is 6. The summed E-state index contributed by atoms with van der Waals surface area (Å²) < 4.78 is 2.02. The monoisotopic (exact) mass is 260 g/mol. The fourth-order valence-corrected chi connectivity index (χ4v) is 1.88. The smallest absolute Gasteiger partial charge is 0.272 e. The first kappa shape index (κ1) is 13.1. The predicted octanol–water partition coefficient (Wildman–Crippen LogP) is 2.60. The maximum Gasteiger partial charge on any atom is 0.272 e. The lowest BCUT2D eigenvalue weighted by molar-refractivity contribution is -0.385. The topological polar surface area (TPSA) is 73.0 Å². The molecule has 0 unspecified atom stereocenters. The average Bonchev–Trinajstić information content (AvgIpc) is 2.87. The van der Waals surface area contributed by atoms with E-state index in [1.165, 1.54) is 6.07 Å². The molecule has 0 bridgehead atoms. The van der Waals surface area contributed by atoms with Gasteiger partial charge in [0.2, 0.25) is 0 Å². The highest BCUT2D eigenvalue weighted by Gasteiger charge is 2.09. The lowest BCUT2D eigenvalue weighted by atomic mass is 10.2. The van der Waals surface area contributed by atoms with Gasteiger partial charge in [-0.3, -0.25) is 10.1 Å². The lowest BCUT2D eigenvalue weighted by Crippen LogP contribution is -2.06. The first-order valence-corrected chi connectivity index (χ1v) is 6.11. The molecule has 0 saturated carbocycles. The number of nitro groups is 1. The molecule has 6 heteroatoms. The molecule has 100 valence electrons. The van der Waals surface area contributed by atoms with E-state index in [4.69, 9.17) is 0 Å². The summed E-state index contributed by atoms with van der Waals surface area (Å²) >= 11 is 0. The van der Waals surface area contributed by atoms with Crippen LogP contribution in [0.15, 0.2) is 36.9 Å². The summed E-state index contributed by atoms with van der Waals surface area (Å²) in [5.41, 5.74) is 1.74. The number of hydrogen-bond donors (Lipinski definition) is 1. The van der Waals surface area contributed by atoms with E-state index < -0.39 is 0 Å². The Bertz CT molecular complexity index is 552. The summed E-state index contributed by atoms with van der Waals surface area (Å²) in [5.74, 6) is 0. The molecule has 19 heavy (non-hydrogen) atoms. The van der Waals surface area contributed by atoms with E-state index in [2.05, 4.69) is 10.3 Å². The van der Waals surface area contributed by atoms with Crippen LogP contribution in [0.1, 0.15) is 12.0 Å². The summed E-state index contributed by atoms with van der Waals surface area (Å²) in [6.45, 7) is 3.46. The van der Waals surface area contributed by atoms with Crippen LogP contribution in [-0.4, -0.2) is 21.0 Å². The Morgan fingerprint density at radius 2 is 2.32 bits per heavy atom. The molecule has 0 aliphatic carbocycles. The Hall–Kier alpha value is -2.37. The van der Waals surface area contributed by atoms with Crippen molar-refractivity contribution >= 4 is 11.4 Å². The number of imidazole rings is 1. The van der Waals surface area contributed by atoms with Gasteiger partial charge in [-0.25, -0.2) is 4.98 Å². The SMILES string of the molecule is Cc1cc(NCCCn2ccnc2)ccc1[N+](=O)[O-]. The molecule has 0 saturated heterocycles. The fourth-order valence-electron chi connectivity index (χ4n) is 1.88. The van der Waals surface area contributed by atoms with Gasteiger partial charge >= 0.3 is 0 Å². The molecule has 1 N–H and O–H groups in total. The minimum absolute atomic E-state index is 0.156. The van der Waals surface area contributed by atoms with Crippen molar-refractivity contribution in [3.63, 3.8) is 0 Å². The van der Waals surface area contributed by atoms with E-state index in [-0.39, 0.29) is 10.6 Å². The molecule has 0 atom stereocenters. The van der Waals surface area contributed by atoms with Crippen LogP contribution in [0.25, 0.3) is 0 Å². The van der Waals surface area contributed by atoms with Gasteiger partial charge in [0, 0.05) is 42.8 Å². The van der Waals surface area contributed by atoms with Crippen molar-refractivity contribution in [3.05, 3.63) is 52.6 Å². The summed E-state index contributed by atoms with van der Waals surface area (Å²) in [4.78, 5) is 14.3. The molecule has 1 aromatic carbocycles. The molecule has 0 amide bonds. The van der Waals surface area contributed by atoms with Gasteiger partial charge in [0.1, 0.15) is 0 Å². The number of nitro benzene ring substituents is 1. The first-order valence-electron chi connectivity index (χ1n) is 6.11. The van der Waals surface area contributed by atoms with E-state index in [0.717, 1.165) is 25.2 Å². The van der Waals surface area contributed by atoms with E-state index in [1.807, 2.05) is 10.8 Å². The van der Waals surface area contributed by atoms with Crippen LogP contribution in [0.2, 0.25) is 0 Å². The van der Waals surface area contributed by atoms with Gasteiger partial charge in [0.25, 0.3) is 5.69 Å². The molecular formula is C13H16N4O2. The van der Waals surface area contributed by atoms with Crippen LogP contribution >= 0.6 is 0 Å². The highest BCUT2D eigenvalue weighted by molar-refractivity contribution is 5.53. The van der Waals surface area contributed by atoms with Crippen molar-refractivity contribution in [2.24, 2.45) is 0 Å². The molecule has 2 aromatic rings. The van der Waals surface area contributed by atoms with Crippen molar-refractivity contribution in [1.29, 1.82) is 0 Å². The van der Waals surface area contributed by atoms with Crippen LogP contribution in [-0.2, 0) is 6.54 Å². The molecule has 1 heterocycles. The van der Waals surface area contributed by atoms with Crippen molar-refractivity contribution in [1.82, 2.24) is 9.55 Å². The molecular weight excluding hydrogens is 244 g/mol. The summed E-state index contributed by atoms with van der Waals surface area (Å²) in [7, 11) is 0. The fraction of sp³-hybridized carbons (Fsp3) is 0.308. The minimum Gasteiger partial charge on any atom is -0.385 e. The lowest BCUT2D eigenvalue weighted by Gasteiger charge is -2.07. The standard InChI is InChI=1S/C13H16N4O2/c1-11-9-12(3-4-13(11)17(18)19)15-5-2-7-16-8-6-14-10-16/h3-4,6,8-10,15H,2,5,7H2,1H3. The van der Waals surface area contributed by atoms with E-state index in [0.29, 0.717) is 5.56 Å². The van der Waals surface area contributed by atoms with Crippen LogP contribution < -0.4 is 5.32 Å². The average molecular weight is 260 g/mol. The van der Waals surface area contributed by atoms with Gasteiger partial charge in [-0.1, -0.05) is 0 Å². The van der Waals surface area contributed by atoms with Crippen molar-refractivity contribution in [2.75, 3.05) is 11.9 Å². The Labute approximate surface area is 111 Å². The zero-order valence-corrected chi connectivity index (χ0v) is 10.7. The second kappa shape index (κ2) is 5.99. The maximum atomic E-state index is 10.7. The molecule has 6 nitrogen and oxygen atoms in total. The van der Waals surface area contributed by atoms with Gasteiger partial charge < -0.3 is 9.88 Å². The summed E-state index contributed by atoms with van der Waals surface area (Å²) in [6, 6.07) is 5.07. The third-order valence-electron chi connectivity index (χ3n) is 2.87. The van der Waals surface area contributed by atoms with Crippen molar-refractivity contribution in [2.45, 2.75) is 19.9 Å². The normalized spacial score (nSPS) is 10.4. The second-order valence-electron chi connectivity index (χ2n) is 4.34. The Kier molecular flexibility index (Phi) is 4.12. The van der Waals surface area contributed by atoms with E-state index in [1.54, 1.807) is 31.6 Å². The third-order valence-corrected chi connectivity index (χ3v) is 2.87. The highest BCUT2D eigenvalue weighted by atomic mass is 16.6. The largest absolute Gasteiger partial charge is 0.385 e. The summed E-state index contributed by atoms with van der Waals surface area (Å²) in [6.07, 6.45) is 6.44. The van der Waals surface area contributed by atoms with Gasteiger partial charge in [0.05, 0.1) is 11.3 Å². The molecule has 2 rings (SSSR count). The number of aryl methyl sites for hydroxylation is 2. The Morgan fingerprint density at radius 1 is 1.47 bits per heavy atom. The Balaban J connectivity index is 1.83. The minimum atomic E-state index is -0.363. The van der Waals surface area contributed by atoms with Crippen LogP contribution in [0.4, 0.5) is 11.4 Å². The van der Waals surface area contributed by atoms with Gasteiger partial charge in [-0.05, 0) is 25.5 Å². The second-order valence-corrected chi connectivity index (χ2v) is 4.34. The number of anilines is 1. The number of benzene rings is 1. The molecule has 0 spiro atoms. The predicted molar refractivity (Wildman–Crippen MR) is 73.2 cm³/mol. The zero-order chi connectivity index (χ0) is 13.7. The number of aromatic nitrogens is 2. The highest BCUT2D eigenvalue weighted by Crippen LogP contribution is 2.21. The third kappa shape index (κ3) is 3.54. The molecule has 0 fully saturated rings. The van der Waals surface area contributed by atoms with Gasteiger partial charge in [-0.15, -0.1) is 0 Å². The van der Waals surface area contributed by atoms with Gasteiger partial charge in [-0.2, -0.15) is 0 Å². The van der Waals surface area contributed by atoms with Crippen molar-refractivity contribution < 1.29 is 4.92 Å². The van der Waals surface area contributed by atoms with E-state index in [9.17, 15) is 10.1 Å². The molecule has 0 aliphatic rings. The molecule has 1 aromatic heterocycles. The quantitative estimate of drug-likeness (QED) is 0.492. The number of nitrogens with one attached hydrogen (secondary N) is 1. The van der Waals surface area contributed by atoms with Crippen molar-refractivity contribution in [3.8, 4) is 0 Å². The first-order chi connectivity index (χ1) is 9.16. The maximum absolute atomic E-state index is 10.7.